The number of carbonyl (C=O) groups is 1. The summed E-state index contributed by atoms with van der Waals surface area (Å²) in [6.45, 7) is 0.608. The number of furan rings is 1. The molecule has 3 nitrogen and oxygen atoms in total. The summed E-state index contributed by atoms with van der Waals surface area (Å²) in [7, 11) is 0. The van der Waals surface area contributed by atoms with Crippen molar-refractivity contribution in [2.45, 2.75) is 25.7 Å². The topological polar surface area (TPSA) is 56.2 Å². The molecule has 2 N–H and O–H groups in total. The lowest BCUT2D eigenvalue weighted by molar-refractivity contribution is 0.0800. The molecule has 2 atom stereocenters. The van der Waals surface area contributed by atoms with Gasteiger partial charge >= 0.3 is 0 Å². The average molecular weight is 207 g/mol. The minimum atomic E-state index is 0.0786. The van der Waals surface area contributed by atoms with E-state index in [9.17, 15) is 4.79 Å². The molecule has 2 rings (SSSR count). The first-order chi connectivity index (χ1) is 7.33. The van der Waals surface area contributed by atoms with Crippen molar-refractivity contribution in [3.63, 3.8) is 0 Å². The highest BCUT2D eigenvalue weighted by Crippen LogP contribution is 2.31. The van der Waals surface area contributed by atoms with Gasteiger partial charge in [-0.15, -0.1) is 0 Å². The fourth-order valence-electron chi connectivity index (χ4n) is 2.44. The van der Waals surface area contributed by atoms with Crippen LogP contribution >= 0.6 is 0 Å². The van der Waals surface area contributed by atoms with Crippen LogP contribution in [0.1, 0.15) is 36.2 Å². The zero-order valence-corrected chi connectivity index (χ0v) is 8.82. The van der Waals surface area contributed by atoms with Gasteiger partial charge in [0.05, 0.1) is 6.26 Å². The van der Waals surface area contributed by atoms with Crippen LogP contribution in [0.5, 0.6) is 0 Å². The molecular formula is C12H17NO2. The van der Waals surface area contributed by atoms with E-state index in [2.05, 4.69) is 0 Å². The van der Waals surface area contributed by atoms with Gasteiger partial charge in [-0.25, -0.2) is 0 Å². The van der Waals surface area contributed by atoms with Gasteiger partial charge in [0.1, 0.15) is 0 Å². The molecule has 0 aromatic carbocycles. The molecule has 1 saturated carbocycles. The fraction of sp³-hybridized carbons (Fsp3) is 0.583. The maximum atomic E-state index is 12.1. The Balaban J connectivity index is 2.11. The Bertz CT molecular complexity index is 318. The largest absolute Gasteiger partial charge is 0.461 e. The molecule has 82 valence electrons. The summed E-state index contributed by atoms with van der Waals surface area (Å²) < 4.78 is 5.15. The third kappa shape index (κ3) is 2.12. The molecule has 15 heavy (non-hydrogen) atoms. The lowest BCUT2D eigenvalue weighted by atomic mass is 9.76. The standard InChI is InChI=1S/C12H17NO2/c13-8-9-4-1-2-5-10(9)12(14)11-6-3-7-15-11/h3,6-7,9-10H,1-2,4-5,8,13H2. The van der Waals surface area contributed by atoms with Crippen LogP contribution in [0, 0.1) is 11.8 Å². The number of hydrogen-bond acceptors (Lipinski definition) is 3. The highest BCUT2D eigenvalue weighted by molar-refractivity contribution is 5.95. The van der Waals surface area contributed by atoms with E-state index in [-0.39, 0.29) is 11.7 Å². The Labute approximate surface area is 89.6 Å². The van der Waals surface area contributed by atoms with Crippen LogP contribution in [-0.4, -0.2) is 12.3 Å². The van der Waals surface area contributed by atoms with Crippen LogP contribution in [0.2, 0.25) is 0 Å². The molecule has 3 heteroatoms. The third-order valence-corrected chi connectivity index (χ3v) is 3.31. The van der Waals surface area contributed by atoms with Crippen LogP contribution in [0.25, 0.3) is 0 Å². The van der Waals surface area contributed by atoms with E-state index in [0.717, 1.165) is 19.3 Å². The van der Waals surface area contributed by atoms with Gasteiger partial charge in [-0.2, -0.15) is 0 Å². The van der Waals surface area contributed by atoms with Crippen LogP contribution in [0.3, 0.4) is 0 Å². The Kier molecular flexibility index (Phi) is 3.21. The first-order valence-corrected chi connectivity index (χ1v) is 5.60. The second-order valence-corrected chi connectivity index (χ2v) is 4.23. The molecule has 0 spiro atoms. The van der Waals surface area contributed by atoms with Crippen molar-refractivity contribution in [1.29, 1.82) is 0 Å². The fourth-order valence-corrected chi connectivity index (χ4v) is 2.44. The monoisotopic (exact) mass is 207 g/mol. The Morgan fingerprint density at radius 3 is 2.93 bits per heavy atom. The van der Waals surface area contributed by atoms with Crippen LogP contribution in [-0.2, 0) is 0 Å². The molecule has 1 aromatic heterocycles. The molecular weight excluding hydrogens is 190 g/mol. The second kappa shape index (κ2) is 4.62. The third-order valence-electron chi connectivity index (χ3n) is 3.31. The summed E-state index contributed by atoms with van der Waals surface area (Å²) >= 11 is 0. The SMILES string of the molecule is NCC1CCCCC1C(=O)c1ccco1. The molecule has 0 aliphatic heterocycles. The molecule has 0 amide bonds. The van der Waals surface area contributed by atoms with E-state index >= 15 is 0 Å². The summed E-state index contributed by atoms with van der Waals surface area (Å²) in [4.78, 5) is 12.1. The predicted molar refractivity (Wildman–Crippen MR) is 57.5 cm³/mol. The Hall–Kier alpha value is -1.09. The first kappa shape index (κ1) is 10.4. The zero-order valence-electron chi connectivity index (χ0n) is 8.82. The van der Waals surface area contributed by atoms with Gasteiger partial charge in [0.25, 0.3) is 0 Å². The molecule has 1 aromatic rings. The van der Waals surface area contributed by atoms with Gasteiger partial charge in [-0.05, 0) is 37.4 Å². The van der Waals surface area contributed by atoms with Gasteiger partial charge in [0.15, 0.2) is 5.76 Å². The molecule has 0 saturated heterocycles. The number of ketones is 1. The van der Waals surface area contributed by atoms with Crippen molar-refractivity contribution in [2.24, 2.45) is 17.6 Å². The first-order valence-electron chi connectivity index (χ1n) is 5.60. The number of Topliss-reactive ketones (excluding diaryl/α,β-unsaturated/α-hetero) is 1. The van der Waals surface area contributed by atoms with Gasteiger partial charge in [0.2, 0.25) is 5.78 Å². The number of carbonyl (C=O) groups excluding carboxylic acids is 1. The average Bonchev–Trinajstić information content (AvgIpc) is 2.81. The van der Waals surface area contributed by atoms with Crippen molar-refractivity contribution in [3.8, 4) is 0 Å². The molecule has 1 aliphatic carbocycles. The maximum Gasteiger partial charge on any atom is 0.201 e. The van der Waals surface area contributed by atoms with E-state index in [1.165, 1.54) is 6.42 Å². The summed E-state index contributed by atoms with van der Waals surface area (Å²) in [5, 5.41) is 0. The van der Waals surface area contributed by atoms with Crippen LogP contribution < -0.4 is 5.73 Å². The lowest BCUT2D eigenvalue weighted by Crippen LogP contribution is -2.32. The van der Waals surface area contributed by atoms with Crippen molar-refractivity contribution >= 4 is 5.78 Å². The maximum absolute atomic E-state index is 12.1. The highest BCUT2D eigenvalue weighted by atomic mass is 16.3. The van der Waals surface area contributed by atoms with E-state index in [4.69, 9.17) is 10.2 Å². The molecule has 0 bridgehead atoms. The number of nitrogens with two attached hydrogens (primary N) is 1. The predicted octanol–water partition coefficient (Wildman–Crippen LogP) is 2.23. The van der Waals surface area contributed by atoms with Crippen molar-refractivity contribution in [2.75, 3.05) is 6.54 Å². The smallest absolute Gasteiger partial charge is 0.201 e. The van der Waals surface area contributed by atoms with Gasteiger partial charge < -0.3 is 10.2 Å². The van der Waals surface area contributed by atoms with Crippen LogP contribution in [0.4, 0.5) is 0 Å². The van der Waals surface area contributed by atoms with E-state index < -0.39 is 0 Å². The van der Waals surface area contributed by atoms with Gasteiger partial charge in [-0.3, -0.25) is 4.79 Å². The summed E-state index contributed by atoms with van der Waals surface area (Å²) in [5.41, 5.74) is 5.70. The van der Waals surface area contributed by atoms with Gasteiger partial charge in [0, 0.05) is 5.92 Å². The van der Waals surface area contributed by atoms with Crippen molar-refractivity contribution < 1.29 is 9.21 Å². The Morgan fingerprint density at radius 1 is 1.47 bits per heavy atom. The van der Waals surface area contributed by atoms with Crippen LogP contribution in [0.15, 0.2) is 22.8 Å². The second-order valence-electron chi connectivity index (χ2n) is 4.23. The summed E-state index contributed by atoms with van der Waals surface area (Å²) in [6, 6.07) is 3.50. The molecule has 0 radical (unpaired) electrons. The zero-order chi connectivity index (χ0) is 10.7. The number of rotatable bonds is 3. The number of hydrogen-bond donors (Lipinski definition) is 1. The highest BCUT2D eigenvalue weighted by Gasteiger charge is 2.31. The van der Waals surface area contributed by atoms with Crippen molar-refractivity contribution in [3.05, 3.63) is 24.2 Å². The lowest BCUT2D eigenvalue weighted by Gasteiger charge is -2.28. The summed E-state index contributed by atoms with van der Waals surface area (Å²) in [6.07, 6.45) is 5.92. The van der Waals surface area contributed by atoms with E-state index in [1.807, 2.05) is 0 Å². The Morgan fingerprint density at radius 2 is 2.27 bits per heavy atom. The van der Waals surface area contributed by atoms with E-state index in [0.29, 0.717) is 18.2 Å². The molecule has 2 unspecified atom stereocenters. The van der Waals surface area contributed by atoms with E-state index in [1.54, 1.807) is 18.4 Å². The minimum absolute atomic E-state index is 0.0786. The molecule has 1 heterocycles. The summed E-state index contributed by atoms with van der Waals surface area (Å²) in [5.74, 6) is 1.04. The van der Waals surface area contributed by atoms with Crippen molar-refractivity contribution in [1.82, 2.24) is 0 Å². The van der Waals surface area contributed by atoms with Gasteiger partial charge in [-0.1, -0.05) is 12.8 Å². The molecule has 1 fully saturated rings. The quantitative estimate of drug-likeness (QED) is 0.773. The minimum Gasteiger partial charge on any atom is -0.461 e. The molecule has 1 aliphatic rings. The normalized spacial score (nSPS) is 26.5.